The first kappa shape index (κ1) is 32.5. The first-order valence-electron chi connectivity index (χ1n) is 19.6. The van der Waals surface area contributed by atoms with Crippen molar-refractivity contribution in [3.05, 3.63) is 211 Å². The van der Waals surface area contributed by atoms with E-state index in [0.717, 1.165) is 17.1 Å². The molecule has 0 spiro atoms. The van der Waals surface area contributed by atoms with Crippen LogP contribution in [0.25, 0.3) is 76.5 Å². The predicted molar refractivity (Wildman–Crippen MR) is 240 cm³/mol. The van der Waals surface area contributed by atoms with Crippen LogP contribution in [0, 0.1) is 0 Å². The molecule has 1 nitrogen and oxygen atoms in total. The molecule has 264 valence electrons. The Balaban J connectivity index is 1.10. The summed E-state index contributed by atoms with van der Waals surface area (Å²) < 4.78 is 0. The molecular formula is C55H39N. The molecule has 0 saturated carbocycles. The van der Waals surface area contributed by atoms with E-state index in [-0.39, 0.29) is 5.41 Å². The zero-order valence-electron chi connectivity index (χ0n) is 31.5. The van der Waals surface area contributed by atoms with Gasteiger partial charge in [-0.1, -0.05) is 184 Å². The Labute approximate surface area is 327 Å². The topological polar surface area (TPSA) is 3.24 Å². The van der Waals surface area contributed by atoms with Crippen molar-refractivity contribution < 1.29 is 0 Å². The molecule has 11 rings (SSSR count). The summed E-state index contributed by atoms with van der Waals surface area (Å²) in [5.41, 5.74) is 13.6. The highest BCUT2D eigenvalue weighted by atomic mass is 15.1. The fourth-order valence-corrected chi connectivity index (χ4v) is 9.52. The molecule has 0 unspecified atom stereocenters. The van der Waals surface area contributed by atoms with Crippen LogP contribution in [0.4, 0.5) is 17.1 Å². The van der Waals surface area contributed by atoms with E-state index in [9.17, 15) is 0 Å². The van der Waals surface area contributed by atoms with Crippen LogP contribution in [0.3, 0.4) is 0 Å². The van der Waals surface area contributed by atoms with Crippen molar-refractivity contribution in [3.63, 3.8) is 0 Å². The van der Waals surface area contributed by atoms with Gasteiger partial charge in [0.2, 0.25) is 0 Å². The van der Waals surface area contributed by atoms with Crippen LogP contribution >= 0.6 is 0 Å². The van der Waals surface area contributed by atoms with Gasteiger partial charge in [0.05, 0.1) is 5.69 Å². The second-order valence-corrected chi connectivity index (χ2v) is 15.7. The zero-order valence-corrected chi connectivity index (χ0v) is 31.5. The molecule has 0 fully saturated rings. The summed E-state index contributed by atoms with van der Waals surface area (Å²) in [4.78, 5) is 2.46. The van der Waals surface area contributed by atoms with E-state index in [1.54, 1.807) is 0 Å². The summed E-state index contributed by atoms with van der Waals surface area (Å²) >= 11 is 0. The van der Waals surface area contributed by atoms with Gasteiger partial charge >= 0.3 is 0 Å². The first-order chi connectivity index (χ1) is 27.5. The summed E-state index contributed by atoms with van der Waals surface area (Å²) in [7, 11) is 0. The smallest absolute Gasteiger partial charge is 0.0540 e. The van der Waals surface area contributed by atoms with Gasteiger partial charge in [-0.25, -0.2) is 0 Å². The van der Waals surface area contributed by atoms with Crippen LogP contribution in [0.1, 0.15) is 25.0 Å². The molecule has 1 aliphatic carbocycles. The number of para-hydroxylation sites is 1. The van der Waals surface area contributed by atoms with Gasteiger partial charge in [-0.3, -0.25) is 0 Å². The largest absolute Gasteiger partial charge is 0.310 e. The highest BCUT2D eigenvalue weighted by Gasteiger charge is 2.36. The van der Waals surface area contributed by atoms with Crippen molar-refractivity contribution in [2.45, 2.75) is 19.3 Å². The van der Waals surface area contributed by atoms with Crippen molar-refractivity contribution >= 4 is 60.2 Å². The minimum atomic E-state index is -0.115. The Morgan fingerprint density at radius 1 is 0.339 bits per heavy atom. The molecule has 0 aromatic heterocycles. The second-order valence-electron chi connectivity index (χ2n) is 15.7. The van der Waals surface area contributed by atoms with E-state index < -0.39 is 0 Å². The van der Waals surface area contributed by atoms with Crippen LogP contribution in [0.2, 0.25) is 0 Å². The van der Waals surface area contributed by atoms with E-state index in [1.807, 2.05) is 0 Å². The summed E-state index contributed by atoms with van der Waals surface area (Å²) in [6.45, 7) is 4.72. The highest BCUT2D eigenvalue weighted by molar-refractivity contribution is 6.22. The van der Waals surface area contributed by atoms with E-state index >= 15 is 0 Å². The van der Waals surface area contributed by atoms with E-state index in [2.05, 4.69) is 219 Å². The lowest BCUT2D eigenvalue weighted by Gasteiger charge is -2.30. The fourth-order valence-electron chi connectivity index (χ4n) is 9.52. The molecule has 56 heavy (non-hydrogen) atoms. The van der Waals surface area contributed by atoms with E-state index in [1.165, 1.54) is 87.6 Å². The molecule has 0 amide bonds. The average Bonchev–Trinajstić information content (AvgIpc) is 3.49. The van der Waals surface area contributed by atoms with Crippen LogP contribution in [-0.2, 0) is 5.41 Å². The Hall–Kier alpha value is -6.96. The molecule has 0 radical (unpaired) electrons. The normalized spacial score (nSPS) is 13.0. The lowest BCUT2D eigenvalue weighted by molar-refractivity contribution is 0.660. The number of nitrogens with zero attached hydrogens (tertiary/aromatic N) is 1. The van der Waals surface area contributed by atoms with E-state index in [0.29, 0.717) is 0 Å². The van der Waals surface area contributed by atoms with Gasteiger partial charge in [0, 0.05) is 22.4 Å². The third-order valence-corrected chi connectivity index (χ3v) is 12.3. The number of rotatable bonds is 5. The van der Waals surface area contributed by atoms with Gasteiger partial charge in [0.25, 0.3) is 0 Å². The summed E-state index contributed by atoms with van der Waals surface area (Å²) in [6.07, 6.45) is 0. The molecule has 0 bridgehead atoms. The highest BCUT2D eigenvalue weighted by Crippen LogP contribution is 2.51. The molecule has 0 heterocycles. The van der Waals surface area contributed by atoms with Crippen molar-refractivity contribution in [2.75, 3.05) is 4.90 Å². The summed E-state index contributed by atoms with van der Waals surface area (Å²) in [6, 6.07) is 74.0. The predicted octanol–water partition coefficient (Wildman–Crippen LogP) is 15.4. The second kappa shape index (κ2) is 12.5. The Morgan fingerprint density at radius 2 is 0.911 bits per heavy atom. The van der Waals surface area contributed by atoms with Crippen LogP contribution < -0.4 is 4.90 Å². The standard InChI is InChI=1S/C55H39N/c1-55(2)51-23-9-7-18-47(51)48-34-32-41(35-52(48)55)56(53-24-10-8-19-49(53)45-21-11-15-36-13-3-5-16-42(36)45)40-30-27-38(28-31-40)43-20-12-22-50-46(43)33-29-39-26-25-37-14-4-6-17-44(37)54(39)50/h3-35H,1-2H3. The molecular weight excluding hydrogens is 675 g/mol. The fraction of sp³-hybridized carbons (Fsp3) is 0.0545. The third kappa shape index (κ3) is 4.94. The van der Waals surface area contributed by atoms with Gasteiger partial charge in [-0.2, -0.15) is 0 Å². The van der Waals surface area contributed by atoms with Crippen molar-refractivity contribution in [2.24, 2.45) is 0 Å². The van der Waals surface area contributed by atoms with Crippen molar-refractivity contribution in [1.82, 2.24) is 0 Å². The summed E-state index contributed by atoms with van der Waals surface area (Å²) in [5.74, 6) is 0. The maximum absolute atomic E-state index is 2.46. The molecule has 0 N–H and O–H groups in total. The maximum atomic E-state index is 2.46. The number of fused-ring (bicyclic) bond motifs is 9. The molecule has 0 aliphatic heterocycles. The first-order valence-corrected chi connectivity index (χ1v) is 19.6. The molecule has 0 saturated heterocycles. The monoisotopic (exact) mass is 713 g/mol. The van der Waals surface area contributed by atoms with Crippen LogP contribution in [0.5, 0.6) is 0 Å². The molecule has 10 aromatic rings. The molecule has 10 aromatic carbocycles. The van der Waals surface area contributed by atoms with Crippen molar-refractivity contribution in [1.29, 1.82) is 0 Å². The van der Waals surface area contributed by atoms with Crippen LogP contribution in [-0.4, -0.2) is 0 Å². The Morgan fingerprint density at radius 3 is 1.77 bits per heavy atom. The number of hydrogen-bond donors (Lipinski definition) is 0. The number of hydrogen-bond acceptors (Lipinski definition) is 1. The number of benzene rings is 10. The SMILES string of the molecule is CC1(C)c2ccccc2-c2ccc(N(c3ccc(-c4cccc5c4ccc4ccc6ccccc6c45)cc3)c3ccccc3-c3cccc4ccccc34)cc21. The lowest BCUT2D eigenvalue weighted by Crippen LogP contribution is -2.16. The Kier molecular flexibility index (Phi) is 7.28. The molecule has 0 atom stereocenters. The van der Waals surface area contributed by atoms with E-state index in [4.69, 9.17) is 0 Å². The third-order valence-electron chi connectivity index (χ3n) is 12.3. The zero-order chi connectivity index (χ0) is 37.4. The molecule has 1 heteroatoms. The average molecular weight is 714 g/mol. The molecule has 1 aliphatic rings. The van der Waals surface area contributed by atoms with Gasteiger partial charge in [-0.05, 0) is 112 Å². The van der Waals surface area contributed by atoms with Gasteiger partial charge in [-0.15, -0.1) is 0 Å². The lowest BCUT2D eigenvalue weighted by atomic mass is 9.82. The maximum Gasteiger partial charge on any atom is 0.0540 e. The van der Waals surface area contributed by atoms with Gasteiger partial charge < -0.3 is 4.90 Å². The summed E-state index contributed by atoms with van der Waals surface area (Å²) in [5, 5.41) is 10.2. The van der Waals surface area contributed by atoms with Gasteiger partial charge in [0.1, 0.15) is 0 Å². The number of anilines is 3. The van der Waals surface area contributed by atoms with Crippen LogP contribution in [0.15, 0.2) is 200 Å². The van der Waals surface area contributed by atoms with Crippen molar-refractivity contribution in [3.8, 4) is 33.4 Å². The minimum absolute atomic E-state index is 0.115. The minimum Gasteiger partial charge on any atom is -0.310 e. The van der Waals surface area contributed by atoms with Gasteiger partial charge in [0.15, 0.2) is 0 Å². The quantitative estimate of drug-likeness (QED) is 0.161. The Bertz CT molecular complexity index is 3160.